The number of hydrogen-bond acceptors (Lipinski definition) is 3. The molecule has 0 bridgehead atoms. The van der Waals surface area contributed by atoms with Gasteiger partial charge in [0.15, 0.2) is 5.69 Å². The molecule has 0 unspecified atom stereocenters. The number of benzene rings is 2. The molecule has 1 aromatic heterocycles. The number of carbonyl (C=O) groups is 1. The van der Waals surface area contributed by atoms with Crippen molar-refractivity contribution in [1.29, 1.82) is 0 Å². The van der Waals surface area contributed by atoms with Crippen LogP contribution in [0, 0.1) is 20.8 Å². The van der Waals surface area contributed by atoms with E-state index in [0.717, 1.165) is 33.6 Å². The van der Waals surface area contributed by atoms with Gasteiger partial charge in [0, 0.05) is 11.1 Å². The van der Waals surface area contributed by atoms with Crippen LogP contribution in [-0.4, -0.2) is 22.4 Å². The van der Waals surface area contributed by atoms with Crippen molar-refractivity contribution in [3.8, 4) is 16.9 Å². The van der Waals surface area contributed by atoms with Gasteiger partial charge in [0.05, 0.1) is 18.0 Å². The molecule has 128 valence electrons. The largest absolute Gasteiger partial charge is 0.461 e. The molecular weight excluding hydrogens is 312 g/mol. The van der Waals surface area contributed by atoms with Gasteiger partial charge in [-0.1, -0.05) is 48.5 Å². The zero-order valence-electron chi connectivity index (χ0n) is 15.0. The van der Waals surface area contributed by atoms with E-state index in [1.54, 1.807) is 4.68 Å². The van der Waals surface area contributed by atoms with Gasteiger partial charge in [0.2, 0.25) is 0 Å². The van der Waals surface area contributed by atoms with E-state index in [9.17, 15) is 4.79 Å². The second-order valence-electron chi connectivity index (χ2n) is 6.06. The van der Waals surface area contributed by atoms with Crippen molar-refractivity contribution in [3.05, 3.63) is 70.9 Å². The fourth-order valence-electron chi connectivity index (χ4n) is 3.11. The van der Waals surface area contributed by atoms with Gasteiger partial charge < -0.3 is 4.74 Å². The van der Waals surface area contributed by atoms with Crippen LogP contribution in [0.4, 0.5) is 0 Å². The van der Waals surface area contributed by atoms with Crippen molar-refractivity contribution in [2.24, 2.45) is 0 Å². The highest BCUT2D eigenvalue weighted by Gasteiger charge is 2.25. The molecule has 3 aromatic rings. The first-order chi connectivity index (χ1) is 12.0. The first-order valence-electron chi connectivity index (χ1n) is 8.43. The van der Waals surface area contributed by atoms with E-state index < -0.39 is 0 Å². The summed E-state index contributed by atoms with van der Waals surface area (Å²) in [7, 11) is 0. The summed E-state index contributed by atoms with van der Waals surface area (Å²) in [4.78, 5) is 12.6. The molecule has 0 saturated carbocycles. The van der Waals surface area contributed by atoms with Crippen LogP contribution in [0.2, 0.25) is 0 Å². The minimum Gasteiger partial charge on any atom is -0.461 e. The molecule has 0 N–H and O–H groups in total. The Bertz CT molecular complexity index is 891. The summed E-state index contributed by atoms with van der Waals surface area (Å²) in [6.07, 6.45) is 0. The topological polar surface area (TPSA) is 44.1 Å². The lowest BCUT2D eigenvalue weighted by Gasteiger charge is -2.13. The SMILES string of the molecule is CCOC(=O)c1c(C)c(-c2ccccc2)nn1-c1c(C)cccc1C. The van der Waals surface area contributed by atoms with Crippen molar-refractivity contribution in [3.63, 3.8) is 0 Å². The van der Waals surface area contributed by atoms with Gasteiger partial charge in [0.1, 0.15) is 0 Å². The second kappa shape index (κ2) is 6.93. The summed E-state index contributed by atoms with van der Waals surface area (Å²) in [5.74, 6) is -0.350. The van der Waals surface area contributed by atoms with E-state index in [-0.39, 0.29) is 5.97 Å². The smallest absolute Gasteiger partial charge is 0.357 e. The zero-order valence-corrected chi connectivity index (χ0v) is 15.0. The molecule has 2 aromatic carbocycles. The second-order valence-corrected chi connectivity index (χ2v) is 6.06. The lowest BCUT2D eigenvalue weighted by molar-refractivity contribution is 0.0515. The predicted molar refractivity (Wildman–Crippen MR) is 99.2 cm³/mol. The normalized spacial score (nSPS) is 10.7. The number of ether oxygens (including phenoxy) is 1. The monoisotopic (exact) mass is 334 g/mol. The molecule has 3 rings (SSSR count). The zero-order chi connectivity index (χ0) is 18.0. The molecule has 0 saturated heterocycles. The summed E-state index contributed by atoms with van der Waals surface area (Å²) in [5.41, 5.74) is 6.14. The van der Waals surface area contributed by atoms with E-state index in [1.165, 1.54) is 0 Å². The van der Waals surface area contributed by atoms with Crippen molar-refractivity contribution < 1.29 is 9.53 Å². The average Bonchev–Trinajstić information content (AvgIpc) is 2.93. The van der Waals surface area contributed by atoms with E-state index in [2.05, 4.69) is 0 Å². The molecule has 0 spiro atoms. The number of nitrogens with zero attached hydrogens (tertiary/aromatic N) is 2. The molecule has 25 heavy (non-hydrogen) atoms. The van der Waals surface area contributed by atoms with Crippen LogP contribution in [0.1, 0.15) is 34.1 Å². The number of aryl methyl sites for hydroxylation is 2. The lowest BCUT2D eigenvalue weighted by Crippen LogP contribution is -2.14. The van der Waals surface area contributed by atoms with Crippen molar-refractivity contribution in [2.75, 3.05) is 6.61 Å². The maximum atomic E-state index is 12.6. The number of rotatable bonds is 4. The highest BCUT2D eigenvalue weighted by molar-refractivity contribution is 5.92. The maximum absolute atomic E-state index is 12.6. The number of aromatic nitrogens is 2. The molecule has 0 atom stereocenters. The third-order valence-corrected chi connectivity index (χ3v) is 4.29. The standard InChI is InChI=1S/C21H22N2O2/c1-5-25-21(24)20-16(4)18(17-12-7-6-8-13-17)22-23(20)19-14(2)10-9-11-15(19)3/h6-13H,5H2,1-4H3. The van der Waals surface area contributed by atoms with Gasteiger partial charge in [-0.25, -0.2) is 9.48 Å². The van der Waals surface area contributed by atoms with Gasteiger partial charge in [-0.3, -0.25) is 0 Å². The highest BCUT2D eigenvalue weighted by atomic mass is 16.5. The Morgan fingerprint density at radius 3 is 2.24 bits per heavy atom. The fourth-order valence-corrected chi connectivity index (χ4v) is 3.11. The van der Waals surface area contributed by atoms with Crippen LogP contribution in [0.15, 0.2) is 48.5 Å². The Hall–Kier alpha value is -2.88. The number of carbonyl (C=O) groups excluding carboxylic acids is 1. The van der Waals surface area contributed by atoms with Gasteiger partial charge >= 0.3 is 5.97 Å². The van der Waals surface area contributed by atoms with Gasteiger partial charge in [-0.2, -0.15) is 5.10 Å². The molecule has 4 heteroatoms. The van der Waals surface area contributed by atoms with Crippen LogP contribution < -0.4 is 0 Å². The van der Waals surface area contributed by atoms with Gasteiger partial charge in [0.25, 0.3) is 0 Å². The summed E-state index contributed by atoms with van der Waals surface area (Å²) < 4.78 is 7.04. The van der Waals surface area contributed by atoms with Crippen molar-refractivity contribution in [2.45, 2.75) is 27.7 Å². The molecule has 1 heterocycles. The molecule has 4 nitrogen and oxygen atoms in total. The Balaban J connectivity index is 2.29. The first kappa shape index (κ1) is 17.0. The van der Waals surface area contributed by atoms with Gasteiger partial charge in [-0.05, 0) is 38.8 Å². The van der Waals surface area contributed by atoms with E-state index >= 15 is 0 Å². The highest BCUT2D eigenvalue weighted by Crippen LogP contribution is 2.29. The average molecular weight is 334 g/mol. The molecule has 0 amide bonds. The Morgan fingerprint density at radius 2 is 1.64 bits per heavy atom. The van der Waals surface area contributed by atoms with E-state index in [1.807, 2.05) is 76.2 Å². The van der Waals surface area contributed by atoms with Gasteiger partial charge in [-0.15, -0.1) is 0 Å². The van der Waals surface area contributed by atoms with Crippen LogP contribution in [0.3, 0.4) is 0 Å². The van der Waals surface area contributed by atoms with E-state index in [4.69, 9.17) is 9.84 Å². The Morgan fingerprint density at radius 1 is 1.00 bits per heavy atom. The number of para-hydroxylation sites is 1. The summed E-state index contributed by atoms with van der Waals surface area (Å²) in [6.45, 7) is 8.11. The van der Waals surface area contributed by atoms with Crippen LogP contribution in [-0.2, 0) is 4.74 Å². The van der Waals surface area contributed by atoms with E-state index in [0.29, 0.717) is 12.3 Å². The molecule has 0 radical (unpaired) electrons. The minimum atomic E-state index is -0.350. The molecule has 0 aliphatic carbocycles. The molecular formula is C21H22N2O2. The fraction of sp³-hybridized carbons (Fsp3) is 0.238. The molecule has 0 aliphatic heterocycles. The van der Waals surface area contributed by atoms with Crippen LogP contribution in [0.25, 0.3) is 16.9 Å². The Kier molecular flexibility index (Phi) is 4.70. The predicted octanol–water partition coefficient (Wildman–Crippen LogP) is 4.64. The van der Waals surface area contributed by atoms with Crippen LogP contribution >= 0.6 is 0 Å². The van der Waals surface area contributed by atoms with Crippen molar-refractivity contribution >= 4 is 5.97 Å². The third-order valence-electron chi connectivity index (χ3n) is 4.29. The summed E-state index contributed by atoms with van der Waals surface area (Å²) >= 11 is 0. The summed E-state index contributed by atoms with van der Waals surface area (Å²) in [6, 6.07) is 16.0. The Labute approximate surface area is 148 Å². The van der Waals surface area contributed by atoms with Crippen molar-refractivity contribution in [1.82, 2.24) is 9.78 Å². The minimum absolute atomic E-state index is 0.330. The third kappa shape index (κ3) is 3.07. The number of esters is 1. The maximum Gasteiger partial charge on any atom is 0.357 e. The van der Waals surface area contributed by atoms with Crippen LogP contribution in [0.5, 0.6) is 0 Å². The first-order valence-corrected chi connectivity index (χ1v) is 8.43. The summed E-state index contributed by atoms with van der Waals surface area (Å²) in [5, 5.41) is 4.79. The molecule has 0 fully saturated rings. The number of hydrogen-bond donors (Lipinski definition) is 0. The lowest BCUT2D eigenvalue weighted by atomic mass is 10.1. The molecule has 0 aliphatic rings. The quantitative estimate of drug-likeness (QED) is 0.653.